The van der Waals surface area contributed by atoms with E-state index in [9.17, 15) is 24.3 Å². The van der Waals surface area contributed by atoms with Gasteiger partial charge in [0, 0.05) is 24.4 Å². The fourth-order valence-electron chi connectivity index (χ4n) is 2.57. The summed E-state index contributed by atoms with van der Waals surface area (Å²) in [6, 6.07) is 5.12. The Hall–Kier alpha value is -3.74. The van der Waals surface area contributed by atoms with Crippen molar-refractivity contribution in [3.8, 4) is 0 Å². The van der Waals surface area contributed by atoms with Gasteiger partial charge in [-0.2, -0.15) is 4.98 Å². The number of hydrogen-bond donors (Lipinski definition) is 7. The van der Waals surface area contributed by atoms with Crippen molar-refractivity contribution in [2.75, 3.05) is 29.1 Å². The molecule has 1 atom stereocenters. The van der Waals surface area contributed by atoms with E-state index in [1.807, 2.05) is 0 Å². The molecular formula is C18H22N6O6S. The van der Waals surface area contributed by atoms with Crippen LogP contribution < -0.4 is 27.7 Å². The molecule has 0 fully saturated rings. The number of aliphatic carboxylic acids is 2. The summed E-state index contributed by atoms with van der Waals surface area (Å²) in [5, 5.41) is 23.3. The van der Waals surface area contributed by atoms with Crippen LogP contribution in [0.4, 0.5) is 17.5 Å². The van der Waals surface area contributed by atoms with E-state index in [0.717, 1.165) is 11.8 Å². The number of aromatic amines is 1. The van der Waals surface area contributed by atoms with Crippen molar-refractivity contribution >= 4 is 47.1 Å². The Kier molecular flexibility index (Phi) is 8.25. The molecule has 0 aliphatic rings. The molecule has 0 radical (unpaired) electrons. The number of benzene rings is 1. The van der Waals surface area contributed by atoms with Crippen molar-refractivity contribution in [3.05, 3.63) is 40.2 Å². The lowest BCUT2D eigenvalue weighted by Crippen LogP contribution is -2.41. The van der Waals surface area contributed by atoms with Crippen molar-refractivity contribution in [3.63, 3.8) is 0 Å². The summed E-state index contributed by atoms with van der Waals surface area (Å²) < 4.78 is 0. The van der Waals surface area contributed by atoms with Crippen LogP contribution in [-0.4, -0.2) is 56.4 Å². The SMILES string of the molecule is Nc1nc(N)c(SCCNc2ccccc2C(=O)N[C@@H](CCC(=O)O)C(=O)O)c(=O)[nH]1. The lowest BCUT2D eigenvalue weighted by molar-refractivity contribution is -0.140. The molecule has 0 saturated carbocycles. The molecule has 2 rings (SSSR count). The number of carboxylic acid groups (broad SMARTS) is 2. The number of nitrogens with zero attached hydrogens (tertiary/aromatic N) is 1. The minimum absolute atomic E-state index is 0.0205. The Labute approximate surface area is 180 Å². The van der Waals surface area contributed by atoms with Crippen LogP contribution in [0.1, 0.15) is 23.2 Å². The zero-order valence-electron chi connectivity index (χ0n) is 16.3. The van der Waals surface area contributed by atoms with Crippen LogP contribution >= 0.6 is 11.8 Å². The number of carbonyl (C=O) groups is 3. The van der Waals surface area contributed by atoms with Crippen molar-refractivity contribution in [1.29, 1.82) is 0 Å². The summed E-state index contributed by atoms with van der Waals surface area (Å²) in [5.74, 6) is -2.78. The first-order valence-corrected chi connectivity index (χ1v) is 10.0. The fraction of sp³-hybridized carbons (Fsp3) is 0.278. The number of aromatic nitrogens is 2. The van der Waals surface area contributed by atoms with Gasteiger partial charge in [-0.05, 0) is 18.6 Å². The van der Waals surface area contributed by atoms with Crippen molar-refractivity contribution in [2.45, 2.75) is 23.8 Å². The van der Waals surface area contributed by atoms with Crippen LogP contribution in [0, 0.1) is 0 Å². The summed E-state index contributed by atoms with van der Waals surface area (Å²) in [6.45, 7) is 0.347. The number of nitrogens with two attached hydrogens (primary N) is 2. The van der Waals surface area contributed by atoms with Gasteiger partial charge in [-0.15, -0.1) is 11.8 Å². The first-order valence-electron chi connectivity index (χ1n) is 9.05. The number of nitrogen functional groups attached to an aromatic ring is 2. The summed E-state index contributed by atoms with van der Waals surface area (Å²) in [7, 11) is 0. The predicted octanol–water partition coefficient (Wildman–Crippen LogP) is 0.186. The zero-order valence-corrected chi connectivity index (χ0v) is 17.1. The van der Waals surface area contributed by atoms with E-state index in [1.165, 1.54) is 6.07 Å². The molecule has 0 saturated heterocycles. The highest BCUT2D eigenvalue weighted by molar-refractivity contribution is 7.99. The lowest BCUT2D eigenvalue weighted by atomic mass is 10.1. The topological polar surface area (TPSA) is 214 Å². The van der Waals surface area contributed by atoms with Crippen LogP contribution in [0.5, 0.6) is 0 Å². The van der Waals surface area contributed by atoms with E-state index in [1.54, 1.807) is 18.2 Å². The second kappa shape index (κ2) is 10.9. The van der Waals surface area contributed by atoms with Crippen molar-refractivity contribution in [2.24, 2.45) is 0 Å². The van der Waals surface area contributed by atoms with Crippen LogP contribution in [0.3, 0.4) is 0 Å². The van der Waals surface area contributed by atoms with E-state index in [2.05, 4.69) is 20.6 Å². The molecular weight excluding hydrogens is 428 g/mol. The number of hydrogen-bond acceptors (Lipinski definition) is 9. The molecule has 1 amide bonds. The molecule has 0 aliphatic carbocycles. The van der Waals surface area contributed by atoms with Gasteiger partial charge in [0.25, 0.3) is 11.5 Å². The molecule has 2 aromatic rings. The van der Waals surface area contributed by atoms with Crippen molar-refractivity contribution in [1.82, 2.24) is 15.3 Å². The number of para-hydroxylation sites is 1. The Morgan fingerprint density at radius 1 is 1.19 bits per heavy atom. The Bertz CT molecular complexity index is 1030. The van der Waals surface area contributed by atoms with E-state index in [4.69, 9.17) is 16.6 Å². The summed E-state index contributed by atoms with van der Waals surface area (Å²) in [4.78, 5) is 52.8. The molecule has 0 unspecified atom stereocenters. The summed E-state index contributed by atoms with van der Waals surface area (Å²) in [5.41, 5.74) is 11.3. The van der Waals surface area contributed by atoms with Gasteiger partial charge in [-0.1, -0.05) is 12.1 Å². The minimum Gasteiger partial charge on any atom is -0.481 e. The maximum Gasteiger partial charge on any atom is 0.326 e. The fourth-order valence-corrected chi connectivity index (χ4v) is 3.36. The molecule has 1 heterocycles. The van der Waals surface area contributed by atoms with E-state index >= 15 is 0 Å². The first kappa shape index (κ1) is 23.5. The summed E-state index contributed by atoms with van der Waals surface area (Å²) in [6.07, 6.45) is -0.634. The number of anilines is 3. The molecule has 9 N–H and O–H groups in total. The van der Waals surface area contributed by atoms with Gasteiger partial charge in [-0.25, -0.2) is 4.79 Å². The molecule has 12 nitrogen and oxygen atoms in total. The van der Waals surface area contributed by atoms with Gasteiger partial charge < -0.3 is 32.3 Å². The Morgan fingerprint density at radius 2 is 1.90 bits per heavy atom. The molecule has 0 aliphatic heterocycles. The van der Waals surface area contributed by atoms with Gasteiger partial charge in [0.05, 0.1) is 5.56 Å². The van der Waals surface area contributed by atoms with Gasteiger partial charge in [0.1, 0.15) is 16.8 Å². The third kappa shape index (κ3) is 6.92. The molecule has 0 spiro atoms. The van der Waals surface area contributed by atoms with E-state index in [-0.39, 0.29) is 28.6 Å². The molecule has 0 bridgehead atoms. The zero-order chi connectivity index (χ0) is 23.0. The smallest absolute Gasteiger partial charge is 0.326 e. The van der Waals surface area contributed by atoms with Crippen LogP contribution in [0.25, 0.3) is 0 Å². The van der Waals surface area contributed by atoms with Gasteiger partial charge in [0.2, 0.25) is 5.95 Å². The van der Waals surface area contributed by atoms with Gasteiger partial charge >= 0.3 is 11.9 Å². The maximum absolute atomic E-state index is 12.6. The van der Waals surface area contributed by atoms with E-state index < -0.39 is 35.9 Å². The number of carbonyl (C=O) groups excluding carboxylic acids is 1. The molecule has 31 heavy (non-hydrogen) atoms. The Balaban J connectivity index is 2.00. The Morgan fingerprint density at radius 3 is 2.55 bits per heavy atom. The normalized spacial score (nSPS) is 11.5. The molecule has 1 aromatic carbocycles. The van der Waals surface area contributed by atoms with Gasteiger partial charge in [0.15, 0.2) is 0 Å². The highest BCUT2D eigenvalue weighted by Crippen LogP contribution is 2.20. The molecule has 166 valence electrons. The number of H-pyrrole nitrogens is 1. The maximum atomic E-state index is 12.6. The average Bonchev–Trinajstić information content (AvgIpc) is 2.69. The molecule has 1 aromatic heterocycles. The lowest BCUT2D eigenvalue weighted by Gasteiger charge is -2.16. The number of carboxylic acids is 2. The third-order valence-corrected chi connectivity index (χ3v) is 5.10. The second-order valence-electron chi connectivity index (χ2n) is 6.28. The first-order chi connectivity index (χ1) is 14.7. The summed E-state index contributed by atoms with van der Waals surface area (Å²) >= 11 is 1.16. The third-order valence-electron chi connectivity index (χ3n) is 4.01. The standard InChI is InChI=1S/C18H22N6O6S/c19-14-13(16(28)24-18(20)23-14)31-8-7-21-10-4-2-1-3-9(10)15(27)22-11(17(29)30)5-6-12(25)26/h1-4,11,21H,5-8H2,(H,22,27)(H,25,26)(H,29,30)(H5,19,20,23,24,28)/t11-/m0/s1. The molecule has 13 heteroatoms. The van der Waals surface area contributed by atoms with Crippen LogP contribution in [-0.2, 0) is 9.59 Å². The monoisotopic (exact) mass is 450 g/mol. The number of amides is 1. The van der Waals surface area contributed by atoms with E-state index in [0.29, 0.717) is 18.0 Å². The number of rotatable bonds is 11. The van der Waals surface area contributed by atoms with Crippen LogP contribution in [0.15, 0.2) is 34.0 Å². The number of nitrogens with one attached hydrogen (secondary N) is 3. The second-order valence-corrected chi connectivity index (χ2v) is 7.39. The minimum atomic E-state index is -1.33. The van der Waals surface area contributed by atoms with Gasteiger partial charge in [-0.3, -0.25) is 19.4 Å². The quantitative estimate of drug-likeness (QED) is 0.181. The highest BCUT2D eigenvalue weighted by atomic mass is 32.2. The van der Waals surface area contributed by atoms with Crippen molar-refractivity contribution < 1.29 is 24.6 Å². The largest absolute Gasteiger partial charge is 0.481 e. The average molecular weight is 450 g/mol. The highest BCUT2D eigenvalue weighted by Gasteiger charge is 2.22. The number of thioether (sulfide) groups is 1. The predicted molar refractivity (Wildman–Crippen MR) is 115 cm³/mol. The van der Waals surface area contributed by atoms with Crippen LogP contribution in [0.2, 0.25) is 0 Å².